The first-order chi connectivity index (χ1) is 19.7. The molecule has 4 heterocycles. The molecule has 0 saturated carbocycles. The molecular weight excluding hydrogens is 559 g/mol. The number of benzene rings is 1. The van der Waals surface area contributed by atoms with Crippen molar-refractivity contribution in [2.24, 2.45) is 0 Å². The lowest BCUT2D eigenvalue weighted by Gasteiger charge is -2.26. The van der Waals surface area contributed by atoms with E-state index in [1.54, 1.807) is 23.2 Å². The molecule has 1 saturated heterocycles. The third kappa shape index (κ3) is 6.50. The van der Waals surface area contributed by atoms with Gasteiger partial charge in [-0.25, -0.2) is 27.1 Å². The molecule has 3 aromatic heterocycles. The van der Waals surface area contributed by atoms with Gasteiger partial charge < -0.3 is 19.7 Å². The van der Waals surface area contributed by atoms with E-state index in [1.807, 2.05) is 0 Å². The van der Waals surface area contributed by atoms with Crippen molar-refractivity contribution in [3.05, 3.63) is 60.7 Å². The molecule has 3 N–H and O–H groups in total. The number of nitrogens with zero attached hydrogens (tertiary/aromatic N) is 5. The minimum atomic E-state index is -4.06. The SMILES string of the molecule is COc1ncc(-c2ccc3nc(NC(=O)NCC(=O)N4CCOCC4)nn3c2)cc1NS(=O)(=O)c1ccc(F)cc1. The molecule has 1 fully saturated rings. The second-order valence-electron chi connectivity index (χ2n) is 8.80. The van der Waals surface area contributed by atoms with Crippen molar-refractivity contribution in [2.75, 3.05) is 50.0 Å². The van der Waals surface area contributed by atoms with E-state index in [2.05, 4.69) is 30.4 Å². The van der Waals surface area contributed by atoms with Gasteiger partial charge in [0.05, 0.1) is 31.8 Å². The van der Waals surface area contributed by atoms with E-state index < -0.39 is 21.9 Å². The van der Waals surface area contributed by atoms with Crippen LogP contribution in [0, 0.1) is 5.82 Å². The van der Waals surface area contributed by atoms with Crippen molar-refractivity contribution in [1.82, 2.24) is 29.8 Å². The van der Waals surface area contributed by atoms with Crippen LogP contribution >= 0.6 is 0 Å². The largest absolute Gasteiger partial charge is 0.480 e. The number of rotatable bonds is 8. The van der Waals surface area contributed by atoms with Crippen LogP contribution in [0.3, 0.4) is 0 Å². The molecule has 0 atom stereocenters. The van der Waals surface area contributed by atoms with Crippen LogP contribution in [-0.4, -0.2) is 84.8 Å². The van der Waals surface area contributed by atoms with Crippen LogP contribution in [0.4, 0.5) is 20.8 Å². The Morgan fingerprint density at radius 3 is 2.59 bits per heavy atom. The van der Waals surface area contributed by atoms with Crippen LogP contribution in [0.25, 0.3) is 16.8 Å². The third-order valence-electron chi connectivity index (χ3n) is 6.07. The number of hydrogen-bond donors (Lipinski definition) is 3. The number of halogens is 1. The van der Waals surface area contributed by atoms with E-state index in [4.69, 9.17) is 9.47 Å². The summed E-state index contributed by atoms with van der Waals surface area (Å²) in [7, 11) is -2.71. The first kappa shape index (κ1) is 27.7. The highest BCUT2D eigenvalue weighted by atomic mass is 32.2. The van der Waals surface area contributed by atoms with Crippen LogP contribution in [0.15, 0.2) is 59.8 Å². The molecule has 4 aromatic rings. The number of amides is 3. The smallest absolute Gasteiger partial charge is 0.322 e. The summed E-state index contributed by atoms with van der Waals surface area (Å²) in [6.07, 6.45) is 3.11. The zero-order valence-electron chi connectivity index (χ0n) is 21.7. The van der Waals surface area contributed by atoms with Crippen LogP contribution in [0.1, 0.15) is 0 Å². The highest BCUT2D eigenvalue weighted by Crippen LogP contribution is 2.30. The van der Waals surface area contributed by atoms with Crippen molar-refractivity contribution in [3.8, 4) is 17.0 Å². The van der Waals surface area contributed by atoms with Gasteiger partial charge in [-0.15, -0.1) is 5.10 Å². The highest BCUT2D eigenvalue weighted by molar-refractivity contribution is 7.92. The van der Waals surface area contributed by atoms with Gasteiger partial charge in [0.15, 0.2) is 5.65 Å². The lowest BCUT2D eigenvalue weighted by atomic mass is 10.1. The van der Waals surface area contributed by atoms with Crippen molar-refractivity contribution in [2.45, 2.75) is 4.90 Å². The summed E-state index contributed by atoms with van der Waals surface area (Å²) in [6.45, 7) is 1.70. The molecule has 16 heteroatoms. The molecule has 0 bridgehead atoms. The molecule has 14 nitrogen and oxygen atoms in total. The summed E-state index contributed by atoms with van der Waals surface area (Å²) >= 11 is 0. The minimum absolute atomic E-state index is 0.0130. The number of anilines is 2. The Bertz CT molecular complexity index is 1690. The Hall–Kier alpha value is -4.83. The Balaban J connectivity index is 1.30. The number of morpholine rings is 1. The average molecular weight is 585 g/mol. The first-order valence-corrected chi connectivity index (χ1v) is 13.8. The number of pyridine rings is 2. The number of carbonyl (C=O) groups is 2. The topological polar surface area (TPSA) is 169 Å². The molecule has 0 unspecified atom stereocenters. The zero-order valence-corrected chi connectivity index (χ0v) is 22.5. The molecule has 214 valence electrons. The molecule has 1 aliphatic heterocycles. The molecular formula is C25H25FN8O6S. The van der Waals surface area contributed by atoms with Crippen molar-refractivity contribution >= 4 is 39.2 Å². The fraction of sp³-hybridized carbons (Fsp3) is 0.240. The number of nitrogens with one attached hydrogen (secondary N) is 3. The standard InChI is InChI=1S/C25H25FN8O6S/c1-39-23-20(32-41(37,38)19-5-3-18(26)4-6-19)12-17(13-27-23)16-2-7-21-29-24(31-34(21)15-16)30-25(36)28-14-22(35)33-8-10-40-11-9-33/h2-7,12-13,15,32H,8-11,14H2,1H3,(H2,28,30,31,36). The van der Waals surface area contributed by atoms with Gasteiger partial charge in [0.2, 0.25) is 11.8 Å². The van der Waals surface area contributed by atoms with Crippen molar-refractivity contribution in [1.29, 1.82) is 0 Å². The molecule has 0 aliphatic carbocycles. The molecule has 1 aromatic carbocycles. The summed E-state index contributed by atoms with van der Waals surface area (Å²) in [6, 6.07) is 8.65. The van der Waals surface area contributed by atoms with Gasteiger partial charge in [-0.3, -0.25) is 14.8 Å². The monoisotopic (exact) mass is 584 g/mol. The number of carbonyl (C=O) groups excluding carboxylic acids is 2. The maximum absolute atomic E-state index is 13.3. The van der Waals surface area contributed by atoms with Gasteiger partial charge in [-0.1, -0.05) is 0 Å². The molecule has 41 heavy (non-hydrogen) atoms. The van der Waals surface area contributed by atoms with E-state index in [1.165, 1.54) is 23.9 Å². The van der Waals surface area contributed by atoms with E-state index in [-0.39, 0.29) is 34.9 Å². The lowest BCUT2D eigenvalue weighted by molar-refractivity contribution is -0.134. The van der Waals surface area contributed by atoms with Gasteiger partial charge >= 0.3 is 6.03 Å². The number of methoxy groups -OCH3 is 1. The normalized spacial score (nSPS) is 13.6. The molecule has 3 amide bonds. The number of hydrogen-bond acceptors (Lipinski definition) is 9. The fourth-order valence-electron chi connectivity index (χ4n) is 4.00. The zero-order chi connectivity index (χ0) is 29.0. The van der Waals surface area contributed by atoms with Crippen LogP contribution in [-0.2, 0) is 19.6 Å². The van der Waals surface area contributed by atoms with Gasteiger partial charge in [0, 0.05) is 36.6 Å². The lowest BCUT2D eigenvalue weighted by Crippen LogP contribution is -2.46. The predicted octanol–water partition coefficient (Wildman–Crippen LogP) is 1.72. The Morgan fingerprint density at radius 1 is 1.10 bits per heavy atom. The summed E-state index contributed by atoms with van der Waals surface area (Å²) < 4.78 is 53.3. The predicted molar refractivity (Wildman–Crippen MR) is 144 cm³/mol. The first-order valence-electron chi connectivity index (χ1n) is 12.3. The van der Waals surface area contributed by atoms with Crippen LogP contribution in [0.2, 0.25) is 0 Å². The Morgan fingerprint density at radius 2 is 1.85 bits per heavy atom. The third-order valence-corrected chi connectivity index (χ3v) is 7.45. The molecule has 5 rings (SSSR count). The minimum Gasteiger partial charge on any atom is -0.480 e. The number of aromatic nitrogens is 4. The maximum Gasteiger partial charge on any atom is 0.322 e. The summed E-state index contributed by atoms with van der Waals surface area (Å²) in [5, 5.41) is 9.25. The molecule has 0 radical (unpaired) electrons. The number of urea groups is 1. The Kier molecular flexibility index (Phi) is 7.93. The van der Waals surface area contributed by atoms with Gasteiger partial charge in [-0.2, -0.15) is 4.98 Å². The summed E-state index contributed by atoms with van der Waals surface area (Å²) in [5.41, 5.74) is 1.62. The van der Waals surface area contributed by atoms with Crippen molar-refractivity contribution < 1.29 is 31.9 Å². The second kappa shape index (κ2) is 11.7. The summed E-state index contributed by atoms with van der Waals surface area (Å²) in [5.74, 6) is -0.736. The number of ether oxygens (including phenoxy) is 2. The summed E-state index contributed by atoms with van der Waals surface area (Å²) in [4.78, 5) is 34.4. The van der Waals surface area contributed by atoms with Crippen LogP contribution in [0.5, 0.6) is 5.88 Å². The quantitative estimate of drug-likeness (QED) is 0.279. The van der Waals surface area contributed by atoms with E-state index in [9.17, 15) is 22.4 Å². The van der Waals surface area contributed by atoms with Crippen LogP contribution < -0.4 is 20.1 Å². The maximum atomic E-state index is 13.3. The van der Waals surface area contributed by atoms with Crippen molar-refractivity contribution in [3.63, 3.8) is 0 Å². The van der Waals surface area contributed by atoms with Gasteiger partial charge in [-0.05, 0) is 42.5 Å². The fourth-order valence-corrected chi connectivity index (χ4v) is 5.04. The Labute approximate surface area is 233 Å². The van der Waals surface area contributed by atoms with Gasteiger partial charge in [0.25, 0.3) is 16.0 Å². The number of fused-ring (bicyclic) bond motifs is 1. The van der Waals surface area contributed by atoms with Gasteiger partial charge in [0.1, 0.15) is 11.5 Å². The van der Waals surface area contributed by atoms with E-state index >= 15 is 0 Å². The highest BCUT2D eigenvalue weighted by Gasteiger charge is 2.20. The second-order valence-corrected chi connectivity index (χ2v) is 10.5. The van der Waals surface area contributed by atoms with E-state index in [0.29, 0.717) is 43.1 Å². The van der Waals surface area contributed by atoms with E-state index in [0.717, 1.165) is 24.3 Å². The average Bonchev–Trinajstić information content (AvgIpc) is 3.37. The molecule has 1 aliphatic rings. The molecule has 0 spiro atoms. The number of sulfonamides is 1.